The molecule has 100 valence electrons. The maximum Gasteiger partial charge on any atom is 0.228 e. The molecule has 5 nitrogen and oxygen atoms in total. The van der Waals surface area contributed by atoms with Gasteiger partial charge in [-0.1, -0.05) is 0 Å². The quantitative estimate of drug-likeness (QED) is 0.818. The number of amides is 1. The van der Waals surface area contributed by atoms with Gasteiger partial charge in [0.25, 0.3) is 0 Å². The first-order valence-corrected chi connectivity index (χ1v) is 8.44. The Morgan fingerprint density at radius 2 is 2.33 bits per heavy atom. The van der Waals surface area contributed by atoms with Crippen molar-refractivity contribution in [3.63, 3.8) is 0 Å². The monoisotopic (exact) mass is 288 g/mol. The minimum Gasteiger partial charge on any atom is -0.341 e. The zero-order chi connectivity index (χ0) is 13.3. The van der Waals surface area contributed by atoms with Crippen molar-refractivity contribution in [3.05, 3.63) is 16.1 Å². The van der Waals surface area contributed by atoms with E-state index in [1.54, 1.807) is 11.9 Å². The molecule has 1 aliphatic heterocycles. The fourth-order valence-corrected chi connectivity index (χ4v) is 4.44. The summed E-state index contributed by atoms with van der Waals surface area (Å²) in [4.78, 5) is 17.8. The smallest absolute Gasteiger partial charge is 0.228 e. The highest BCUT2D eigenvalue weighted by molar-refractivity contribution is 7.91. The van der Waals surface area contributed by atoms with Crippen LogP contribution in [0.2, 0.25) is 0 Å². The van der Waals surface area contributed by atoms with Crippen molar-refractivity contribution in [1.29, 1.82) is 0 Å². The van der Waals surface area contributed by atoms with Gasteiger partial charge in [-0.05, 0) is 13.3 Å². The van der Waals surface area contributed by atoms with E-state index in [0.717, 1.165) is 10.7 Å². The molecule has 2 rings (SSSR count). The van der Waals surface area contributed by atoms with Crippen LogP contribution in [0.5, 0.6) is 0 Å². The lowest BCUT2D eigenvalue weighted by atomic mass is 10.2. The molecular weight excluding hydrogens is 272 g/mol. The molecular formula is C11H16N2O3S2. The zero-order valence-corrected chi connectivity index (χ0v) is 12.1. The first kappa shape index (κ1) is 13.5. The molecule has 1 fully saturated rings. The van der Waals surface area contributed by atoms with Crippen LogP contribution in [0.15, 0.2) is 5.38 Å². The third-order valence-electron chi connectivity index (χ3n) is 3.15. The number of aromatic nitrogens is 1. The van der Waals surface area contributed by atoms with E-state index in [9.17, 15) is 13.2 Å². The SMILES string of the molecule is Cc1nc(CC(=O)N(C)C2CCS(=O)(=O)C2)cs1. The first-order valence-electron chi connectivity index (χ1n) is 5.74. The Labute approximate surface area is 111 Å². The van der Waals surface area contributed by atoms with Gasteiger partial charge in [0, 0.05) is 18.5 Å². The van der Waals surface area contributed by atoms with Gasteiger partial charge in [0.1, 0.15) is 0 Å². The Bertz CT molecular complexity index is 550. The number of sulfone groups is 1. The van der Waals surface area contributed by atoms with Gasteiger partial charge in [-0.15, -0.1) is 11.3 Å². The van der Waals surface area contributed by atoms with E-state index in [0.29, 0.717) is 6.42 Å². The predicted octanol–water partition coefficient (Wildman–Crippen LogP) is 0.640. The number of hydrogen-bond acceptors (Lipinski definition) is 5. The van der Waals surface area contributed by atoms with Crippen molar-refractivity contribution in [1.82, 2.24) is 9.88 Å². The maximum absolute atomic E-state index is 12.0. The van der Waals surface area contributed by atoms with Crippen molar-refractivity contribution >= 4 is 27.1 Å². The summed E-state index contributed by atoms with van der Waals surface area (Å²) in [5.74, 6) is 0.207. The summed E-state index contributed by atoms with van der Waals surface area (Å²) < 4.78 is 22.8. The third kappa shape index (κ3) is 3.08. The summed E-state index contributed by atoms with van der Waals surface area (Å²) in [6.07, 6.45) is 0.790. The van der Waals surface area contributed by atoms with Gasteiger partial charge < -0.3 is 4.90 Å². The summed E-state index contributed by atoms with van der Waals surface area (Å²) >= 11 is 1.51. The largest absolute Gasteiger partial charge is 0.341 e. The Hall–Kier alpha value is -0.950. The molecule has 1 aliphatic rings. The number of carbonyl (C=O) groups excluding carboxylic acids is 1. The molecule has 0 aromatic carbocycles. The Morgan fingerprint density at radius 1 is 1.61 bits per heavy atom. The van der Waals surface area contributed by atoms with Crippen LogP contribution in [0.25, 0.3) is 0 Å². The topological polar surface area (TPSA) is 67.3 Å². The van der Waals surface area contributed by atoms with Gasteiger partial charge in [0.2, 0.25) is 5.91 Å². The van der Waals surface area contributed by atoms with Gasteiger partial charge in [0.05, 0.1) is 28.6 Å². The highest BCUT2D eigenvalue weighted by Crippen LogP contribution is 2.18. The Kier molecular flexibility index (Phi) is 3.72. The van der Waals surface area contributed by atoms with Gasteiger partial charge >= 0.3 is 0 Å². The lowest BCUT2D eigenvalue weighted by molar-refractivity contribution is -0.130. The van der Waals surface area contributed by atoms with Crippen molar-refractivity contribution in [2.45, 2.75) is 25.8 Å². The van der Waals surface area contributed by atoms with Crippen LogP contribution in [0.3, 0.4) is 0 Å². The maximum atomic E-state index is 12.0. The van der Waals surface area contributed by atoms with Gasteiger partial charge in [0.15, 0.2) is 9.84 Å². The van der Waals surface area contributed by atoms with Crippen LogP contribution < -0.4 is 0 Å². The Balaban J connectivity index is 1.97. The molecule has 1 amide bonds. The molecule has 7 heteroatoms. The van der Waals surface area contributed by atoms with E-state index in [1.165, 1.54) is 11.3 Å². The molecule has 0 radical (unpaired) electrons. The molecule has 18 heavy (non-hydrogen) atoms. The number of likely N-dealkylation sites (N-methyl/N-ethyl adjacent to an activating group) is 1. The first-order chi connectivity index (χ1) is 8.37. The third-order valence-corrected chi connectivity index (χ3v) is 5.72. The van der Waals surface area contributed by atoms with Crippen LogP contribution in [0.1, 0.15) is 17.1 Å². The van der Waals surface area contributed by atoms with Crippen LogP contribution >= 0.6 is 11.3 Å². The average Bonchev–Trinajstić information content (AvgIpc) is 2.83. The second kappa shape index (κ2) is 4.97. The molecule has 0 N–H and O–H groups in total. The van der Waals surface area contributed by atoms with Crippen molar-refractivity contribution in [3.8, 4) is 0 Å². The normalized spacial score (nSPS) is 22.0. The summed E-state index contributed by atoms with van der Waals surface area (Å²) in [5.41, 5.74) is 0.759. The van der Waals surface area contributed by atoms with E-state index in [1.807, 2.05) is 12.3 Å². The van der Waals surface area contributed by atoms with E-state index in [4.69, 9.17) is 0 Å². The van der Waals surface area contributed by atoms with E-state index < -0.39 is 9.84 Å². The van der Waals surface area contributed by atoms with E-state index in [2.05, 4.69) is 4.98 Å². The number of aryl methyl sites for hydroxylation is 1. The molecule has 2 heterocycles. The minimum atomic E-state index is -2.95. The van der Waals surface area contributed by atoms with Crippen LogP contribution in [-0.4, -0.2) is 48.8 Å². The fourth-order valence-electron chi connectivity index (χ4n) is 2.05. The molecule has 1 atom stereocenters. The number of nitrogens with zero attached hydrogens (tertiary/aromatic N) is 2. The van der Waals surface area contributed by atoms with Crippen LogP contribution in [0, 0.1) is 6.92 Å². The molecule has 1 unspecified atom stereocenters. The van der Waals surface area contributed by atoms with Crippen LogP contribution in [-0.2, 0) is 21.1 Å². The lowest BCUT2D eigenvalue weighted by Gasteiger charge is -2.23. The molecule has 1 aromatic heterocycles. The lowest BCUT2D eigenvalue weighted by Crippen LogP contribution is -2.38. The number of rotatable bonds is 3. The van der Waals surface area contributed by atoms with Crippen LogP contribution in [0.4, 0.5) is 0 Å². The van der Waals surface area contributed by atoms with Gasteiger partial charge in [-0.25, -0.2) is 13.4 Å². The van der Waals surface area contributed by atoms with E-state index in [-0.39, 0.29) is 29.9 Å². The molecule has 0 saturated carbocycles. The number of carbonyl (C=O) groups is 1. The molecule has 1 saturated heterocycles. The van der Waals surface area contributed by atoms with Crippen molar-refractivity contribution in [2.75, 3.05) is 18.6 Å². The minimum absolute atomic E-state index is 0.0672. The van der Waals surface area contributed by atoms with Crippen molar-refractivity contribution in [2.24, 2.45) is 0 Å². The second-order valence-electron chi connectivity index (χ2n) is 4.60. The van der Waals surface area contributed by atoms with Crippen molar-refractivity contribution < 1.29 is 13.2 Å². The standard InChI is InChI=1S/C11H16N2O3S2/c1-8-12-9(6-17-8)5-11(14)13(2)10-3-4-18(15,16)7-10/h6,10H,3-5,7H2,1-2H3. The van der Waals surface area contributed by atoms with Gasteiger partial charge in [-0.2, -0.15) is 0 Å². The number of hydrogen-bond donors (Lipinski definition) is 0. The average molecular weight is 288 g/mol. The highest BCUT2D eigenvalue weighted by atomic mass is 32.2. The highest BCUT2D eigenvalue weighted by Gasteiger charge is 2.32. The molecule has 0 spiro atoms. The molecule has 0 bridgehead atoms. The summed E-state index contributed by atoms with van der Waals surface area (Å²) in [7, 11) is -1.28. The van der Waals surface area contributed by atoms with Gasteiger partial charge in [-0.3, -0.25) is 4.79 Å². The predicted molar refractivity (Wildman–Crippen MR) is 70.4 cm³/mol. The fraction of sp³-hybridized carbons (Fsp3) is 0.636. The summed E-state index contributed by atoms with van der Waals surface area (Å²) in [5, 5.41) is 2.80. The number of thiazole rings is 1. The van der Waals surface area contributed by atoms with E-state index >= 15 is 0 Å². The molecule has 0 aliphatic carbocycles. The molecule has 1 aromatic rings. The summed E-state index contributed by atoms with van der Waals surface area (Å²) in [6.45, 7) is 1.89. The zero-order valence-electron chi connectivity index (χ0n) is 10.4. The second-order valence-corrected chi connectivity index (χ2v) is 7.89. The Morgan fingerprint density at radius 3 is 2.83 bits per heavy atom. The summed E-state index contributed by atoms with van der Waals surface area (Å²) in [6, 6.07) is -0.178.